The maximum atomic E-state index is 15.5. The van der Waals surface area contributed by atoms with E-state index in [1.54, 1.807) is 12.1 Å². The fourth-order valence-electron chi connectivity index (χ4n) is 5.46. The Kier molecular flexibility index (Phi) is 4.90. The summed E-state index contributed by atoms with van der Waals surface area (Å²) in [6.07, 6.45) is 0.580. The minimum atomic E-state index is -2.84. The first kappa shape index (κ1) is 19.4. The number of carbonyl (C=O) groups is 2. The molecule has 4 rings (SSSR count). The molecule has 6 heteroatoms. The van der Waals surface area contributed by atoms with E-state index in [0.717, 1.165) is 21.6 Å². The molecule has 0 bridgehead atoms. The number of esters is 1. The molecule has 4 unspecified atom stereocenters. The summed E-state index contributed by atoms with van der Waals surface area (Å²) in [5, 5.41) is 0.223. The van der Waals surface area contributed by atoms with Crippen LogP contribution in [0.2, 0.25) is 0 Å². The smallest absolute Gasteiger partial charge is 0.308 e. The standard InChI is InChI=1S/C26H32FNO3S/c1-13-8-9-20(27)24(15(13)3)26(7,25(30)23-16(4)17(23)5)28-12-19-11-22(31-18(6)29)32-21(19)10-14(28)2/h8-9,11,14,16-17,23H,10,12H2,1-7H3/i6D3. The lowest BCUT2D eigenvalue weighted by Gasteiger charge is -2.47. The van der Waals surface area contributed by atoms with E-state index >= 15 is 4.39 Å². The summed E-state index contributed by atoms with van der Waals surface area (Å²) in [6.45, 7) is 9.32. The minimum absolute atomic E-state index is 0.0321. The van der Waals surface area contributed by atoms with Crippen molar-refractivity contribution in [2.45, 2.75) is 72.9 Å². The first-order valence-corrected chi connectivity index (χ1v) is 11.9. The van der Waals surface area contributed by atoms with Crippen LogP contribution in [0.4, 0.5) is 4.39 Å². The van der Waals surface area contributed by atoms with Crippen LogP contribution in [0.3, 0.4) is 0 Å². The van der Waals surface area contributed by atoms with Gasteiger partial charge in [0.05, 0.1) is 0 Å². The molecule has 0 radical (unpaired) electrons. The number of fused-ring (bicyclic) bond motifs is 1. The van der Waals surface area contributed by atoms with Gasteiger partial charge in [-0.3, -0.25) is 14.5 Å². The molecule has 2 aliphatic rings. The van der Waals surface area contributed by atoms with Gasteiger partial charge in [0.2, 0.25) is 0 Å². The summed E-state index contributed by atoms with van der Waals surface area (Å²) in [5.41, 5.74) is 1.81. The predicted octanol–water partition coefficient (Wildman–Crippen LogP) is 5.56. The van der Waals surface area contributed by atoms with Gasteiger partial charge in [-0.1, -0.05) is 19.9 Å². The molecule has 172 valence electrons. The van der Waals surface area contributed by atoms with E-state index in [4.69, 9.17) is 8.85 Å². The average molecular weight is 461 g/mol. The number of aryl methyl sites for hydroxylation is 1. The molecule has 1 fully saturated rings. The van der Waals surface area contributed by atoms with Gasteiger partial charge in [0, 0.05) is 39.9 Å². The maximum absolute atomic E-state index is 15.5. The number of rotatable bonds is 5. The number of carbonyl (C=O) groups excluding carboxylic acids is 2. The number of nitrogens with zero attached hydrogens (tertiary/aromatic N) is 1. The molecule has 0 amide bonds. The second-order valence-electron chi connectivity index (χ2n) is 9.63. The highest BCUT2D eigenvalue weighted by Crippen LogP contribution is 2.52. The Morgan fingerprint density at radius 2 is 1.94 bits per heavy atom. The Balaban J connectivity index is 1.77. The van der Waals surface area contributed by atoms with Gasteiger partial charge >= 0.3 is 5.97 Å². The van der Waals surface area contributed by atoms with Crippen molar-refractivity contribution in [3.8, 4) is 5.06 Å². The van der Waals surface area contributed by atoms with Crippen LogP contribution in [0.15, 0.2) is 18.2 Å². The zero-order valence-corrected chi connectivity index (χ0v) is 20.2. The molecule has 1 aromatic heterocycles. The topological polar surface area (TPSA) is 46.6 Å². The van der Waals surface area contributed by atoms with Gasteiger partial charge in [0.25, 0.3) is 0 Å². The van der Waals surface area contributed by atoms with E-state index in [9.17, 15) is 9.59 Å². The Labute approximate surface area is 198 Å². The molecule has 1 saturated carbocycles. The van der Waals surface area contributed by atoms with Crippen LogP contribution in [0, 0.1) is 37.4 Å². The summed E-state index contributed by atoms with van der Waals surface area (Å²) in [6, 6.07) is 4.77. The molecular formula is C26H32FNO3S. The van der Waals surface area contributed by atoms with Crippen molar-refractivity contribution in [1.82, 2.24) is 4.90 Å². The first-order chi connectivity index (χ1) is 16.2. The lowest BCUT2D eigenvalue weighted by Crippen LogP contribution is -2.56. The fourth-order valence-corrected chi connectivity index (χ4v) is 6.60. The van der Waals surface area contributed by atoms with E-state index in [1.165, 1.54) is 17.4 Å². The van der Waals surface area contributed by atoms with Gasteiger partial charge in [0.15, 0.2) is 10.8 Å². The quantitative estimate of drug-likeness (QED) is 0.548. The third-order valence-corrected chi connectivity index (χ3v) is 8.85. The number of Topliss-reactive ketones (excluding diaryl/α,β-unsaturated/α-hetero) is 1. The second-order valence-corrected chi connectivity index (χ2v) is 10.7. The molecule has 0 N–H and O–H groups in total. The van der Waals surface area contributed by atoms with E-state index in [1.807, 2.05) is 27.7 Å². The van der Waals surface area contributed by atoms with E-state index in [2.05, 4.69) is 18.7 Å². The molecule has 32 heavy (non-hydrogen) atoms. The molecular weight excluding hydrogens is 425 g/mol. The van der Waals surface area contributed by atoms with Crippen molar-refractivity contribution in [3.05, 3.63) is 51.1 Å². The number of benzene rings is 1. The van der Waals surface area contributed by atoms with Crippen LogP contribution < -0.4 is 4.74 Å². The average Bonchev–Trinajstić information content (AvgIpc) is 3.16. The zero-order valence-electron chi connectivity index (χ0n) is 22.4. The van der Waals surface area contributed by atoms with Crippen molar-refractivity contribution < 1.29 is 22.8 Å². The Morgan fingerprint density at radius 1 is 1.25 bits per heavy atom. The summed E-state index contributed by atoms with van der Waals surface area (Å²) in [4.78, 5) is 29.1. The molecule has 0 spiro atoms. The number of hydrogen-bond donors (Lipinski definition) is 0. The largest absolute Gasteiger partial charge is 0.416 e. The fraction of sp³-hybridized carbons (Fsp3) is 0.538. The molecule has 1 aliphatic carbocycles. The summed E-state index contributed by atoms with van der Waals surface area (Å²) < 4.78 is 42.4. The van der Waals surface area contributed by atoms with E-state index in [0.29, 0.717) is 18.5 Å². The van der Waals surface area contributed by atoms with Gasteiger partial charge in [-0.05, 0) is 74.8 Å². The van der Waals surface area contributed by atoms with Crippen molar-refractivity contribution in [2.24, 2.45) is 17.8 Å². The van der Waals surface area contributed by atoms with Crippen LogP contribution in [0.25, 0.3) is 0 Å². The van der Waals surface area contributed by atoms with Gasteiger partial charge in [0.1, 0.15) is 11.4 Å². The molecule has 4 atom stereocenters. The van der Waals surface area contributed by atoms with Crippen LogP contribution in [0.1, 0.15) is 65.8 Å². The van der Waals surface area contributed by atoms with Crippen molar-refractivity contribution >= 4 is 23.1 Å². The predicted molar refractivity (Wildman–Crippen MR) is 124 cm³/mol. The third kappa shape index (κ3) is 3.61. The van der Waals surface area contributed by atoms with E-state index < -0.39 is 18.4 Å². The highest BCUT2D eigenvalue weighted by atomic mass is 32.1. The first-order valence-electron chi connectivity index (χ1n) is 12.6. The van der Waals surface area contributed by atoms with Gasteiger partial charge in [-0.2, -0.15) is 0 Å². The third-order valence-electron chi connectivity index (χ3n) is 7.77. The van der Waals surface area contributed by atoms with E-state index in [-0.39, 0.29) is 40.5 Å². The van der Waals surface area contributed by atoms with Gasteiger partial charge in [-0.15, -0.1) is 11.3 Å². The second kappa shape index (κ2) is 8.07. The summed E-state index contributed by atoms with van der Waals surface area (Å²) >= 11 is 1.25. The molecule has 4 nitrogen and oxygen atoms in total. The molecule has 2 heterocycles. The number of ketones is 1. The van der Waals surface area contributed by atoms with Crippen LogP contribution >= 0.6 is 11.3 Å². The number of hydrogen-bond acceptors (Lipinski definition) is 5. The van der Waals surface area contributed by atoms with Crippen LogP contribution in [0.5, 0.6) is 5.06 Å². The summed E-state index contributed by atoms with van der Waals surface area (Å²) in [5.74, 6) is -1.26. The zero-order chi connectivity index (χ0) is 26.0. The molecule has 1 aromatic carbocycles. The number of halogens is 1. The maximum Gasteiger partial charge on any atom is 0.308 e. The van der Waals surface area contributed by atoms with Gasteiger partial charge in [-0.25, -0.2) is 4.39 Å². The highest BCUT2D eigenvalue weighted by molar-refractivity contribution is 7.14. The minimum Gasteiger partial charge on any atom is -0.416 e. The monoisotopic (exact) mass is 460 g/mol. The SMILES string of the molecule is [2H]C([2H])([2H])C(=O)Oc1cc2c(s1)CC(C)N(C(C)(C(=O)C1C(C)C1C)c1c(F)ccc(C)c1C)C2. The molecule has 2 aromatic rings. The number of ether oxygens (including phenoxy) is 1. The van der Waals surface area contributed by atoms with Crippen LogP contribution in [-0.2, 0) is 28.1 Å². The van der Waals surface area contributed by atoms with Crippen LogP contribution in [-0.4, -0.2) is 22.7 Å². The highest BCUT2D eigenvalue weighted by Gasteiger charge is 2.57. The summed E-state index contributed by atoms with van der Waals surface area (Å²) in [7, 11) is 0. The van der Waals surface area contributed by atoms with Crippen molar-refractivity contribution in [2.75, 3.05) is 0 Å². The lowest BCUT2D eigenvalue weighted by atomic mass is 9.77. The Hall–Kier alpha value is -2.05. The number of thiophene rings is 1. The van der Waals surface area contributed by atoms with Crippen molar-refractivity contribution in [3.63, 3.8) is 0 Å². The van der Waals surface area contributed by atoms with Crippen molar-refractivity contribution in [1.29, 1.82) is 0 Å². The Morgan fingerprint density at radius 3 is 2.56 bits per heavy atom. The normalized spacial score (nSPS) is 28.7. The molecule has 1 aliphatic heterocycles. The van der Waals surface area contributed by atoms with Gasteiger partial charge < -0.3 is 4.74 Å². The lowest BCUT2D eigenvalue weighted by molar-refractivity contribution is -0.136. The molecule has 0 saturated heterocycles. The Bertz CT molecular complexity index is 1190.